The molecule has 2 heterocycles. The van der Waals surface area contributed by atoms with Crippen LogP contribution >= 0.6 is 0 Å². The molecule has 2 unspecified atom stereocenters. The van der Waals surface area contributed by atoms with Gasteiger partial charge in [0, 0.05) is 31.5 Å². The van der Waals surface area contributed by atoms with Crippen LogP contribution in [0.5, 0.6) is 0 Å². The van der Waals surface area contributed by atoms with Crippen LogP contribution in [-0.2, 0) is 4.79 Å². The molecule has 1 saturated carbocycles. The van der Waals surface area contributed by atoms with E-state index in [2.05, 4.69) is 18.7 Å². The van der Waals surface area contributed by atoms with E-state index in [1.54, 1.807) is 0 Å². The van der Waals surface area contributed by atoms with Crippen LogP contribution in [0.2, 0.25) is 0 Å². The van der Waals surface area contributed by atoms with Gasteiger partial charge in [0.05, 0.1) is 0 Å². The Kier molecular flexibility index (Phi) is 2.39. The highest BCUT2D eigenvalue weighted by Crippen LogP contribution is 2.54. The maximum absolute atomic E-state index is 11.6. The highest BCUT2D eigenvalue weighted by atomic mass is 16.1. The normalized spacial score (nSPS) is 37.1. The van der Waals surface area contributed by atoms with Crippen LogP contribution in [0.1, 0.15) is 52.4 Å². The predicted molar refractivity (Wildman–Crippen MR) is 64.3 cm³/mol. The van der Waals surface area contributed by atoms with Crippen LogP contribution in [0.25, 0.3) is 0 Å². The van der Waals surface area contributed by atoms with Crippen molar-refractivity contribution in [3.8, 4) is 0 Å². The van der Waals surface area contributed by atoms with Gasteiger partial charge in [0.25, 0.3) is 0 Å². The molecule has 0 radical (unpaired) electrons. The predicted octanol–water partition coefficient (Wildman–Crippen LogP) is 2.62. The fraction of sp³-hybridized carbons (Fsp3) is 0.929. The molecule has 0 N–H and O–H groups in total. The van der Waals surface area contributed by atoms with E-state index in [0.29, 0.717) is 23.3 Å². The molecule has 2 saturated heterocycles. The van der Waals surface area contributed by atoms with Crippen molar-refractivity contribution >= 4 is 5.78 Å². The third kappa shape index (κ3) is 1.62. The highest BCUT2D eigenvalue weighted by Gasteiger charge is 2.50. The van der Waals surface area contributed by atoms with E-state index in [1.165, 1.54) is 32.2 Å². The van der Waals surface area contributed by atoms with E-state index in [-0.39, 0.29) is 0 Å². The third-order valence-electron chi connectivity index (χ3n) is 5.31. The molecule has 16 heavy (non-hydrogen) atoms. The van der Waals surface area contributed by atoms with Gasteiger partial charge in [-0.1, -0.05) is 13.8 Å². The van der Waals surface area contributed by atoms with Gasteiger partial charge in [-0.25, -0.2) is 0 Å². The molecule has 1 aliphatic carbocycles. The SMILES string of the molecule is CC(C)C1(CN2C3CCC2CC(=O)C3)CC1. The van der Waals surface area contributed by atoms with Gasteiger partial charge in [-0.3, -0.25) is 9.69 Å². The maximum Gasteiger partial charge on any atom is 0.136 e. The van der Waals surface area contributed by atoms with Crippen LogP contribution in [0.3, 0.4) is 0 Å². The molecule has 0 amide bonds. The maximum atomic E-state index is 11.6. The summed E-state index contributed by atoms with van der Waals surface area (Å²) in [4.78, 5) is 14.2. The zero-order valence-electron chi connectivity index (χ0n) is 10.5. The van der Waals surface area contributed by atoms with E-state index >= 15 is 0 Å². The Morgan fingerprint density at radius 2 is 1.81 bits per heavy atom. The number of carbonyl (C=O) groups is 1. The number of carbonyl (C=O) groups excluding carboxylic acids is 1. The van der Waals surface area contributed by atoms with E-state index in [0.717, 1.165) is 18.8 Å². The van der Waals surface area contributed by atoms with Gasteiger partial charge in [0.2, 0.25) is 0 Å². The van der Waals surface area contributed by atoms with Crippen LogP contribution < -0.4 is 0 Å². The van der Waals surface area contributed by atoms with E-state index in [9.17, 15) is 4.79 Å². The summed E-state index contributed by atoms with van der Waals surface area (Å²) in [5.74, 6) is 1.32. The highest BCUT2D eigenvalue weighted by molar-refractivity contribution is 5.80. The molecule has 0 aromatic rings. The fourth-order valence-electron chi connectivity index (χ4n) is 3.76. The molecule has 2 nitrogen and oxygen atoms in total. The molecule has 2 atom stereocenters. The Morgan fingerprint density at radius 1 is 1.25 bits per heavy atom. The smallest absolute Gasteiger partial charge is 0.136 e. The van der Waals surface area contributed by atoms with Gasteiger partial charge in [-0.05, 0) is 37.0 Å². The van der Waals surface area contributed by atoms with E-state index < -0.39 is 0 Å². The third-order valence-corrected chi connectivity index (χ3v) is 5.31. The molecule has 0 aromatic heterocycles. The first-order chi connectivity index (χ1) is 7.61. The van der Waals surface area contributed by atoms with Crippen LogP contribution in [0.15, 0.2) is 0 Å². The lowest BCUT2D eigenvalue weighted by atomic mass is 9.89. The lowest BCUT2D eigenvalue weighted by molar-refractivity contribution is -0.124. The number of hydrogen-bond acceptors (Lipinski definition) is 2. The topological polar surface area (TPSA) is 20.3 Å². The van der Waals surface area contributed by atoms with Crippen molar-refractivity contribution in [2.45, 2.75) is 64.5 Å². The first-order valence-corrected chi connectivity index (χ1v) is 6.88. The van der Waals surface area contributed by atoms with Crippen molar-refractivity contribution in [3.63, 3.8) is 0 Å². The number of Topliss-reactive ketones (excluding diaryl/α,β-unsaturated/α-hetero) is 1. The number of hydrogen-bond donors (Lipinski definition) is 0. The first kappa shape index (κ1) is 10.8. The molecular formula is C14H23NO. The number of rotatable bonds is 3. The molecule has 3 rings (SSSR count). The molecule has 2 bridgehead atoms. The second kappa shape index (κ2) is 3.56. The number of fused-ring (bicyclic) bond motifs is 2. The summed E-state index contributed by atoms with van der Waals surface area (Å²) in [6.07, 6.45) is 7.04. The standard InChI is InChI=1S/C14H23NO/c1-10(2)14(5-6-14)9-15-11-3-4-12(15)8-13(16)7-11/h10-12H,3-9H2,1-2H3. The van der Waals surface area contributed by atoms with Gasteiger partial charge in [-0.2, -0.15) is 0 Å². The minimum Gasteiger partial charge on any atom is -0.300 e. The largest absolute Gasteiger partial charge is 0.300 e. The second-order valence-corrected chi connectivity index (χ2v) is 6.52. The van der Waals surface area contributed by atoms with Crippen LogP contribution in [0.4, 0.5) is 0 Å². The van der Waals surface area contributed by atoms with Gasteiger partial charge in [0.15, 0.2) is 0 Å². The van der Waals surface area contributed by atoms with Gasteiger partial charge in [-0.15, -0.1) is 0 Å². The zero-order valence-corrected chi connectivity index (χ0v) is 10.5. The number of piperidine rings is 1. The van der Waals surface area contributed by atoms with Crippen molar-refractivity contribution in [1.82, 2.24) is 4.90 Å². The number of nitrogens with zero attached hydrogens (tertiary/aromatic N) is 1. The molecule has 0 aromatic carbocycles. The second-order valence-electron chi connectivity index (χ2n) is 6.52. The summed E-state index contributed by atoms with van der Waals surface area (Å²) in [7, 11) is 0. The summed E-state index contributed by atoms with van der Waals surface area (Å²) in [5.41, 5.74) is 0.612. The summed E-state index contributed by atoms with van der Waals surface area (Å²) in [6.45, 7) is 6.00. The van der Waals surface area contributed by atoms with Crippen molar-refractivity contribution in [3.05, 3.63) is 0 Å². The van der Waals surface area contributed by atoms with Crippen molar-refractivity contribution in [2.75, 3.05) is 6.54 Å². The van der Waals surface area contributed by atoms with Crippen LogP contribution in [-0.4, -0.2) is 29.3 Å². The van der Waals surface area contributed by atoms with Gasteiger partial charge < -0.3 is 0 Å². The summed E-state index contributed by atoms with van der Waals surface area (Å²) >= 11 is 0. The monoisotopic (exact) mass is 221 g/mol. The Hall–Kier alpha value is -0.370. The molecule has 0 spiro atoms. The molecule has 90 valence electrons. The average Bonchev–Trinajstić information content (AvgIpc) is 2.94. The Morgan fingerprint density at radius 3 is 2.25 bits per heavy atom. The molecule has 2 heteroatoms. The van der Waals surface area contributed by atoms with E-state index in [4.69, 9.17) is 0 Å². The molecule has 2 aliphatic heterocycles. The lowest BCUT2D eigenvalue weighted by Crippen LogP contribution is -2.46. The average molecular weight is 221 g/mol. The molecular weight excluding hydrogens is 198 g/mol. The van der Waals surface area contributed by atoms with Crippen LogP contribution in [0, 0.1) is 11.3 Å². The molecule has 3 fully saturated rings. The Balaban J connectivity index is 1.70. The summed E-state index contributed by atoms with van der Waals surface area (Å²) < 4.78 is 0. The fourth-order valence-corrected chi connectivity index (χ4v) is 3.76. The summed E-state index contributed by atoms with van der Waals surface area (Å²) in [5, 5.41) is 0. The first-order valence-electron chi connectivity index (χ1n) is 6.88. The Bertz CT molecular complexity index is 290. The minimum absolute atomic E-state index is 0.512. The lowest BCUT2D eigenvalue weighted by Gasteiger charge is -2.38. The van der Waals surface area contributed by atoms with Gasteiger partial charge >= 0.3 is 0 Å². The summed E-state index contributed by atoms with van der Waals surface area (Å²) in [6, 6.07) is 1.20. The Labute approximate surface area is 98.4 Å². The number of ketones is 1. The van der Waals surface area contributed by atoms with Crippen molar-refractivity contribution in [2.24, 2.45) is 11.3 Å². The van der Waals surface area contributed by atoms with Crippen molar-refractivity contribution < 1.29 is 4.79 Å². The zero-order chi connectivity index (χ0) is 11.3. The minimum atomic E-state index is 0.512. The van der Waals surface area contributed by atoms with E-state index in [1.807, 2.05) is 0 Å². The van der Waals surface area contributed by atoms with Gasteiger partial charge in [0.1, 0.15) is 5.78 Å². The molecule has 3 aliphatic rings. The van der Waals surface area contributed by atoms with Crippen molar-refractivity contribution in [1.29, 1.82) is 0 Å². The quantitative estimate of drug-likeness (QED) is 0.730.